The number of benzene rings is 1. The van der Waals surface area contributed by atoms with Gasteiger partial charge in [-0.25, -0.2) is 0 Å². The van der Waals surface area contributed by atoms with Crippen LogP contribution in [-0.4, -0.2) is 25.7 Å². The van der Waals surface area contributed by atoms with Crippen molar-refractivity contribution in [1.82, 2.24) is 0 Å². The summed E-state index contributed by atoms with van der Waals surface area (Å²) in [6.07, 6.45) is -4.09. The smallest absolute Gasteiger partial charge is 0.397 e. The lowest BCUT2D eigenvalue weighted by atomic mass is 10.1. The number of alkyl halides is 3. The Labute approximate surface area is 102 Å². The van der Waals surface area contributed by atoms with Crippen molar-refractivity contribution in [2.45, 2.75) is 12.6 Å². The van der Waals surface area contributed by atoms with Crippen LogP contribution in [0.5, 0.6) is 0 Å². The molecule has 1 heterocycles. The van der Waals surface area contributed by atoms with Gasteiger partial charge in [0.1, 0.15) is 6.54 Å². The van der Waals surface area contributed by atoms with Gasteiger partial charge >= 0.3 is 6.18 Å². The number of amides is 1. The van der Waals surface area contributed by atoms with E-state index in [1.165, 1.54) is 19.2 Å². The molecule has 1 aromatic carbocycles. The molecule has 0 bridgehead atoms. The third-order valence-corrected chi connectivity index (χ3v) is 2.71. The summed E-state index contributed by atoms with van der Waals surface area (Å²) in [6, 6.07) is 3.01. The second-order valence-electron chi connectivity index (χ2n) is 4.26. The van der Waals surface area contributed by atoms with Gasteiger partial charge in [0.2, 0.25) is 5.91 Å². The fourth-order valence-corrected chi connectivity index (χ4v) is 1.97. The van der Waals surface area contributed by atoms with Crippen LogP contribution in [0.1, 0.15) is 5.56 Å². The van der Waals surface area contributed by atoms with Gasteiger partial charge in [-0.1, -0.05) is 0 Å². The number of anilines is 3. The summed E-state index contributed by atoms with van der Waals surface area (Å²) in [5.41, 5.74) is 7.44. The number of fused-ring (bicyclic) bond motifs is 1. The maximum absolute atomic E-state index is 12.3. The molecule has 0 saturated heterocycles. The van der Waals surface area contributed by atoms with Crippen molar-refractivity contribution in [1.29, 1.82) is 0 Å². The van der Waals surface area contributed by atoms with Crippen LogP contribution in [0.25, 0.3) is 0 Å². The van der Waals surface area contributed by atoms with Gasteiger partial charge < -0.3 is 16.0 Å². The molecule has 1 aliphatic rings. The van der Waals surface area contributed by atoms with Crippen LogP contribution in [0.3, 0.4) is 0 Å². The molecule has 1 aliphatic heterocycles. The summed E-state index contributed by atoms with van der Waals surface area (Å²) < 4.78 is 36.9. The van der Waals surface area contributed by atoms with E-state index in [0.717, 1.165) is 4.90 Å². The maximum Gasteiger partial charge on any atom is 0.405 e. The highest BCUT2D eigenvalue weighted by Gasteiger charge is 2.30. The number of rotatable bonds is 2. The van der Waals surface area contributed by atoms with E-state index in [4.69, 9.17) is 5.73 Å². The molecule has 0 spiro atoms. The summed E-state index contributed by atoms with van der Waals surface area (Å²) in [5.74, 6) is -0.181. The largest absolute Gasteiger partial charge is 0.405 e. The highest BCUT2D eigenvalue weighted by atomic mass is 19.4. The molecule has 18 heavy (non-hydrogen) atoms. The number of nitrogens with zero attached hydrogens (tertiary/aromatic N) is 1. The van der Waals surface area contributed by atoms with Gasteiger partial charge in [-0.05, 0) is 17.7 Å². The zero-order valence-corrected chi connectivity index (χ0v) is 9.64. The van der Waals surface area contributed by atoms with Crippen LogP contribution < -0.4 is 16.0 Å². The van der Waals surface area contributed by atoms with Crippen LogP contribution in [0.15, 0.2) is 12.1 Å². The topological polar surface area (TPSA) is 58.4 Å². The van der Waals surface area contributed by atoms with E-state index in [0.29, 0.717) is 11.3 Å². The van der Waals surface area contributed by atoms with E-state index in [1.807, 2.05) is 0 Å². The van der Waals surface area contributed by atoms with Crippen molar-refractivity contribution < 1.29 is 18.0 Å². The van der Waals surface area contributed by atoms with Crippen molar-refractivity contribution in [3.8, 4) is 0 Å². The Hall–Kier alpha value is -1.92. The number of nitrogens with two attached hydrogens (primary N) is 1. The van der Waals surface area contributed by atoms with Gasteiger partial charge in [-0.2, -0.15) is 13.2 Å². The number of carbonyl (C=O) groups is 1. The van der Waals surface area contributed by atoms with Gasteiger partial charge in [0.05, 0.1) is 17.8 Å². The van der Waals surface area contributed by atoms with Crippen LogP contribution in [0.2, 0.25) is 0 Å². The van der Waals surface area contributed by atoms with Gasteiger partial charge in [0.15, 0.2) is 0 Å². The number of carbonyl (C=O) groups excluding carboxylic acids is 1. The molecule has 0 radical (unpaired) electrons. The van der Waals surface area contributed by atoms with Crippen molar-refractivity contribution in [2.24, 2.45) is 0 Å². The Morgan fingerprint density at radius 2 is 2.11 bits per heavy atom. The molecule has 0 atom stereocenters. The molecule has 0 fully saturated rings. The Kier molecular flexibility index (Phi) is 2.84. The first kappa shape index (κ1) is 12.5. The van der Waals surface area contributed by atoms with E-state index in [-0.39, 0.29) is 23.7 Å². The molecule has 0 saturated carbocycles. The van der Waals surface area contributed by atoms with E-state index in [2.05, 4.69) is 5.32 Å². The molecule has 2 rings (SSSR count). The maximum atomic E-state index is 12.3. The number of hydrogen-bond donors (Lipinski definition) is 2. The second-order valence-corrected chi connectivity index (χ2v) is 4.26. The second kappa shape index (κ2) is 4.08. The SMILES string of the molecule is CN(CC(F)(F)F)c1cc2c(cc1N)CC(=O)N2. The first-order valence-electron chi connectivity index (χ1n) is 5.26. The molecule has 1 aromatic rings. The van der Waals surface area contributed by atoms with Crippen LogP contribution in [0, 0.1) is 0 Å². The van der Waals surface area contributed by atoms with Crippen molar-refractivity contribution in [2.75, 3.05) is 29.5 Å². The third-order valence-electron chi connectivity index (χ3n) is 2.71. The predicted molar refractivity (Wildman–Crippen MR) is 62.5 cm³/mol. The van der Waals surface area contributed by atoms with E-state index in [1.54, 1.807) is 0 Å². The minimum atomic E-state index is -4.30. The summed E-state index contributed by atoms with van der Waals surface area (Å²) in [7, 11) is 1.31. The molecule has 1 amide bonds. The molecule has 4 nitrogen and oxygen atoms in total. The molecule has 98 valence electrons. The number of nitrogen functional groups attached to an aromatic ring is 1. The summed E-state index contributed by atoms with van der Waals surface area (Å²) in [5, 5.41) is 2.58. The lowest BCUT2D eigenvalue weighted by Crippen LogP contribution is -2.31. The number of hydrogen-bond acceptors (Lipinski definition) is 3. The van der Waals surface area contributed by atoms with Crippen molar-refractivity contribution in [3.63, 3.8) is 0 Å². The normalized spacial score (nSPS) is 14.3. The minimum Gasteiger partial charge on any atom is -0.397 e. The van der Waals surface area contributed by atoms with E-state index < -0.39 is 12.7 Å². The summed E-state index contributed by atoms with van der Waals surface area (Å²) in [6.45, 7) is -1.09. The highest BCUT2D eigenvalue weighted by molar-refractivity contribution is 6.00. The van der Waals surface area contributed by atoms with Gasteiger partial charge in [-0.3, -0.25) is 4.79 Å². The number of nitrogens with one attached hydrogen (secondary N) is 1. The lowest BCUT2D eigenvalue weighted by molar-refractivity contribution is -0.119. The van der Waals surface area contributed by atoms with Crippen molar-refractivity contribution in [3.05, 3.63) is 17.7 Å². The monoisotopic (exact) mass is 259 g/mol. The quantitative estimate of drug-likeness (QED) is 0.796. The predicted octanol–water partition coefficient (Wildman–Crippen LogP) is 1.76. The third kappa shape index (κ3) is 2.49. The molecule has 7 heteroatoms. The Morgan fingerprint density at radius 3 is 2.72 bits per heavy atom. The van der Waals surface area contributed by atoms with Crippen LogP contribution >= 0.6 is 0 Å². The summed E-state index contributed by atoms with van der Waals surface area (Å²) in [4.78, 5) is 12.2. The fourth-order valence-electron chi connectivity index (χ4n) is 1.97. The van der Waals surface area contributed by atoms with E-state index >= 15 is 0 Å². The Morgan fingerprint density at radius 1 is 1.44 bits per heavy atom. The van der Waals surface area contributed by atoms with Crippen LogP contribution in [0.4, 0.5) is 30.2 Å². The standard InChI is InChI=1S/C11H12F3N3O/c1-17(5-11(12,13)14)9-4-8-6(2-7(9)15)3-10(18)16-8/h2,4H,3,5,15H2,1H3,(H,16,18). The first-order chi connectivity index (χ1) is 8.26. The average molecular weight is 259 g/mol. The molecule has 0 aromatic heterocycles. The van der Waals surface area contributed by atoms with Crippen LogP contribution in [-0.2, 0) is 11.2 Å². The number of halogens is 3. The molecule has 0 aliphatic carbocycles. The van der Waals surface area contributed by atoms with Gasteiger partial charge in [0.25, 0.3) is 0 Å². The fraction of sp³-hybridized carbons (Fsp3) is 0.364. The highest BCUT2D eigenvalue weighted by Crippen LogP contribution is 2.34. The lowest BCUT2D eigenvalue weighted by Gasteiger charge is -2.23. The zero-order chi connectivity index (χ0) is 13.5. The summed E-state index contributed by atoms with van der Waals surface area (Å²) >= 11 is 0. The van der Waals surface area contributed by atoms with Gasteiger partial charge in [0, 0.05) is 12.7 Å². The van der Waals surface area contributed by atoms with E-state index in [9.17, 15) is 18.0 Å². The first-order valence-corrected chi connectivity index (χ1v) is 5.26. The van der Waals surface area contributed by atoms with Gasteiger partial charge in [-0.15, -0.1) is 0 Å². The van der Waals surface area contributed by atoms with Crippen molar-refractivity contribution >= 4 is 23.0 Å². The molecule has 3 N–H and O–H groups in total. The zero-order valence-electron chi connectivity index (χ0n) is 9.64. The Balaban J connectivity index is 2.30. The Bertz CT molecular complexity index is 499. The average Bonchev–Trinajstić information content (AvgIpc) is 2.53. The molecular formula is C11H12F3N3O. The molecule has 0 unspecified atom stereocenters. The molecular weight excluding hydrogens is 247 g/mol. The minimum absolute atomic E-state index is 0.181.